The number of ketones is 1. The van der Waals surface area contributed by atoms with Crippen LogP contribution in [0.5, 0.6) is 0 Å². The second-order valence-corrected chi connectivity index (χ2v) is 8.22. The Labute approximate surface area is 159 Å². The Hall–Kier alpha value is -2.52. The molecule has 0 amide bonds. The van der Waals surface area contributed by atoms with Crippen molar-refractivity contribution in [2.45, 2.75) is 18.7 Å². The summed E-state index contributed by atoms with van der Waals surface area (Å²) >= 11 is 0. The van der Waals surface area contributed by atoms with Gasteiger partial charge in [-0.3, -0.25) is 4.79 Å². The van der Waals surface area contributed by atoms with Crippen LogP contribution in [0.1, 0.15) is 24.2 Å². The van der Waals surface area contributed by atoms with Crippen LogP contribution in [-0.2, 0) is 10.0 Å². The van der Waals surface area contributed by atoms with Crippen molar-refractivity contribution < 1.29 is 13.2 Å². The summed E-state index contributed by atoms with van der Waals surface area (Å²) in [6.07, 6.45) is 0. The molecule has 1 aliphatic heterocycles. The number of anilines is 2. The number of benzene rings is 1. The molecular weight excluding hydrogens is 366 g/mol. The van der Waals surface area contributed by atoms with Gasteiger partial charge < -0.3 is 10.2 Å². The van der Waals surface area contributed by atoms with Crippen molar-refractivity contribution in [1.82, 2.24) is 14.5 Å². The van der Waals surface area contributed by atoms with E-state index in [4.69, 9.17) is 0 Å². The van der Waals surface area contributed by atoms with Gasteiger partial charge >= 0.3 is 0 Å². The molecule has 27 heavy (non-hydrogen) atoms. The van der Waals surface area contributed by atoms with Crippen LogP contribution in [0.15, 0.2) is 41.3 Å². The topological polar surface area (TPSA) is 95.5 Å². The highest BCUT2D eigenvalue weighted by Crippen LogP contribution is 2.21. The molecule has 1 fully saturated rings. The molecule has 1 N–H and O–H groups in total. The zero-order valence-corrected chi connectivity index (χ0v) is 16.2. The summed E-state index contributed by atoms with van der Waals surface area (Å²) in [5.74, 6) is 1.29. The maximum atomic E-state index is 12.9. The largest absolute Gasteiger partial charge is 0.369 e. The highest BCUT2D eigenvalue weighted by molar-refractivity contribution is 7.89. The van der Waals surface area contributed by atoms with Gasteiger partial charge in [0.2, 0.25) is 10.0 Å². The maximum Gasteiger partial charge on any atom is 0.243 e. The first kappa shape index (κ1) is 19.2. The van der Waals surface area contributed by atoms with Gasteiger partial charge in [-0.05, 0) is 38.1 Å². The van der Waals surface area contributed by atoms with Crippen molar-refractivity contribution >= 4 is 27.4 Å². The second kappa shape index (κ2) is 8.01. The molecule has 1 aromatic carbocycles. The second-order valence-electron chi connectivity index (χ2n) is 6.28. The minimum atomic E-state index is -3.63. The van der Waals surface area contributed by atoms with E-state index in [1.54, 1.807) is 12.1 Å². The van der Waals surface area contributed by atoms with Gasteiger partial charge in [0.05, 0.1) is 4.90 Å². The molecule has 1 saturated heterocycles. The van der Waals surface area contributed by atoms with Crippen LogP contribution in [0.2, 0.25) is 0 Å². The van der Waals surface area contributed by atoms with E-state index in [-0.39, 0.29) is 10.7 Å². The lowest BCUT2D eigenvalue weighted by molar-refractivity contribution is 0.101. The first-order valence-electron chi connectivity index (χ1n) is 8.85. The summed E-state index contributed by atoms with van der Waals surface area (Å²) in [7, 11) is -3.63. The molecule has 0 unspecified atom stereocenters. The number of carbonyl (C=O) groups excluding carboxylic acids is 1. The molecule has 0 bridgehead atoms. The molecule has 0 atom stereocenters. The minimum Gasteiger partial charge on any atom is -0.369 e. The molecule has 0 spiro atoms. The zero-order chi connectivity index (χ0) is 19.4. The van der Waals surface area contributed by atoms with E-state index in [1.165, 1.54) is 23.4 Å². The predicted octanol–water partition coefficient (Wildman–Crippen LogP) is 1.62. The number of Topliss-reactive ketones (excluding diaryl/α,β-unsaturated/α-hetero) is 1. The van der Waals surface area contributed by atoms with Gasteiger partial charge in [-0.2, -0.15) is 4.31 Å². The van der Waals surface area contributed by atoms with E-state index in [9.17, 15) is 13.2 Å². The third-order valence-electron chi connectivity index (χ3n) is 4.45. The summed E-state index contributed by atoms with van der Waals surface area (Å²) in [6.45, 7) is 5.94. The number of piperazine rings is 1. The Kier molecular flexibility index (Phi) is 5.71. The fraction of sp³-hybridized carbons (Fsp3) is 0.389. The number of hydrogen-bond acceptors (Lipinski definition) is 7. The molecule has 2 heterocycles. The molecule has 8 nitrogen and oxygen atoms in total. The Balaban J connectivity index is 1.69. The van der Waals surface area contributed by atoms with Gasteiger partial charge in [-0.25, -0.2) is 8.42 Å². The van der Waals surface area contributed by atoms with E-state index in [0.717, 1.165) is 12.4 Å². The Morgan fingerprint density at radius 1 is 1.11 bits per heavy atom. The van der Waals surface area contributed by atoms with E-state index in [2.05, 4.69) is 15.5 Å². The van der Waals surface area contributed by atoms with Crippen LogP contribution in [0.25, 0.3) is 0 Å². The smallest absolute Gasteiger partial charge is 0.243 e. The van der Waals surface area contributed by atoms with Crippen molar-refractivity contribution in [3.8, 4) is 0 Å². The fourth-order valence-electron chi connectivity index (χ4n) is 2.95. The quantitative estimate of drug-likeness (QED) is 0.750. The Morgan fingerprint density at radius 2 is 1.85 bits per heavy atom. The van der Waals surface area contributed by atoms with Crippen LogP contribution >= 0.6 is 0 Å². The van der Waals surface area contributed by atoms with Crippen LogP contribution in [-0.4, -0.2) is 61.4 Å². The normalized spacial score (nSPS) is 15.6. The minimum absolute atomic E-state index is 0.151. The van der Waals surface area contributed by atoms with Crippen LogP contribution in [0.4, 0.5) is 11.6 Å². The fourth-order valence-corrected chi connectivity index (χ4v) is 4.42. The molecule has 3 rings (SSSR count). The summed E-state index contributed by atoms with van der Waals surface area (Å²) < 4.78 is 27.2. The van der Waals surface area contributed by atoms with Gasteiger partial charge in [0.1, 0.15) is 5.82 Å². The molecule has 1 aromatic heterocycles. The lowest BCUT2D eigenvalue weighted by Crippen LogP contribution is -2.49. The van der Waals surface area contributed by atoms with E-state index in [1.807, 2.05) is 24.0 Å². The first-order valence-corrected chi connectivity index (χ1v) is 10.3. The number of aromatic nitrogens is 2. The highest BCUT2D eigenvalue weighted by atomic mass is 32.2. The maximum absolute atomic E-state index is 12.9. The average molecular weight is 389 g/mol. The Morgan fingerprint density at radius 3 is 2.44 bits per heavy atom. The number of carbonyl (C=O) groups is 1. The number of hydrogen-bond donors (Lipinski definition) is 1. The number of nitrogens with one attached hydrogen (secondary N) is 1. The van der Waals surface area contributed by atoms with Crippen LogP contribution in [0, 0.1) is 0 Å². The van der Waals surface area contributed by atoms with E-state index < -0.39 is 10.0 Å². The monoisotopic (exact) mass is 389 g/mol. The molecule has 2 aromatic rings. The van der Waals surface area contributed by atoms with Gasteiger partial charge in [-0.1, -0.05) is 12.1 Å². The third-order valence-corrected chi connectivity index (χ3v) is 6.34. The van der Waals surface area contributed by atoms with Crippen molar-refractivity contribution in [2.24, 2.45) is 0 Å². The molecule has 144 valence electrons. The molecule has 9 heteroatoms. The zero-order valence-electron chi connectivity index (χ0n) is 15.4. The summed E-state index contributed by atoms with van der Waals surface area (Å²) in [6, 6.07) is 9.93. The van der Waals surface area contributed by atoms with Crippen molar-refractivity contribution in [2.75, 3.05) is 42.9 Å². The van der Waals surface area contributed by atoms with Crippen LogP contribution < -0.4 is 10.2 Å². The standard InChI is InChI=1S/C18H23N5O3S/c1-3-19-17-7-8-18(21-20-17)22-9-11-23(12-10-22)27(25,26)16-6-4-5-15(13-16)14(2)24/h4-8,13H,3,9-12H2,1-2H3,(H,19,20). The Bertz CT molecular complexity index is 907. The third kappa shape index (κ3) is 4.25. The van der Waals surface area contributed by atoms with Gasteiger partial charge in [0.25, 0.3) is 0 Å². The van der Waals surface area contributed by atoms with Crippen molar-refractivity contribution in [3.05, 3.63) is 42.0 Å². The molecular formula is C18H23N5O3S. The highest BCUT2D eigenvalue weighted by Gasteiger charge is 2.29. The van der Waals surface area contributed by atoms with Crippen molar-refractivity contribution in [1.29, 1.82) is 0 Å². The SMILES string of the molecule is CCNc1ccc(N2CCN(S(=O)(=O)c3cccc(C(C)=O)c3)CC2)nn1. The summed E-state index contributed by atoms with van der Waals surface area (Å²) in [4.78, 5) is 13.7. The van der Waals surface area contributed by atoms with Crippen LogP contribution in [0.3, 0.4) is 0 Å². The first-order chi connectivity index (χ1) is 12.9. The van der Waals surface area contributed by atoms with Gasteiger partial charge in [-0.15, -0.1) is 10.2 Å². The molecule has 0 saturated carbocycles. The lowest BCUT2D eigenvalue weighted by Gasteiger charge is -2.34. The van der Waals surface area contributed by atoms with E-state index >= 15 is 0 Å². The summed E-state index contributed by atoms with van der Waals surface area (Å²) in [5, 5.41) is 11.4. The molecule has 0 aliphatic carbocycles. The molecule has 0 radical (unpaired) electrons. The van der Waals surface area contributed by atoms with Gasteiger partial charge in [0, 0.05) is 38.3 Å². The summed E-state index contributed by atoms with van der Waals surface area (Å²) in [5.41, 5.74) is 0.394. The van der Waals surface area contributed by atoms with Crippen molar-refractivity contribution in [3.63, 3.8) is 0 Å². The number of rotatable bonds is 6. The molecule has 1 aliphatic rings. The predicted molar refractivity (Wildman–Crippen MR) is 104 cm³/mol. The average Bonchev–Trinajstić information content (AvgIpc) is 2.69. The van der Waals surface area contributed by atoms with Gasteiger partial charge in [0.15, 0.2) is 11.6 Å². The number of sulfonamides is 1. The number of nitrogens with zero attached hydrogens (tertiary/aromatic N) is 4. The van der Waals surface area contributed by atoms with E-state index in [0.29, 0.717) is 37.6 Å². The lowest BCUT2D eigenvalue weighted by atomic mass is 10.2.